The average molecular weight is 405 g/mol. The fourth-order valence-electron chi connectivity index (χ4n) is 2.97. The van der Waals surface area contributed by atoms with Gasteiger partial charge in [-0.25, -0.2) is 4.99 Å². The molecule has 0 radical (unpaired) electrons. The van der Waals surface area contributed by atoms with E-state index in [-0.39, 0.29) is 0 Å². The number of methoxy groups -OCH3 is 2. The van der Waals surface area contributed by atoms with Gasteiger partial charge in [0.15, 0.2) is 5.96 Å². The zero-order valence-corrected chi connectivity index (χ0v) is 17.3. The Kier molecular flexibility index (Phi) is 7.69. The van der Waals surface area contributed by atoms with Gasteiger partial charge in [-0.15, -0.1) is 0 Å². The second-order valence-electron chi connectivity index (χ2n) is 6.64. The molecule has 3 N–H and O–H groups in total. The summed E-state index contributed by atoms with van der Waals surface area (Å²) in [5, 5.41) is 3.08. The first-order valence-corrected chi connectivity index (χ1v) is 9.67. The van der Waals surface area contributed by atoms with Crippen LogP contribution in [0.5, 0.6) is 11.5 Å². The van der Waals surface area contributed by atoms with E-state index in [1.807, 2.05) is 60.7 Å². The van der Waals surface area contributed by atoms with Crippen molar-refractivity contribution < 1.29 is 14.2 Å². The fraction of sp³-hybridized carbons (Fsp3) is 0.208. The van der Waals surface area contributed by atoms with Crippen molar-refractivity contribution in [2.24, 2.45) is 10.7 Å². The summed E-state index contributed by atoms with van der Waals surface area (Å²) < 4.78 is 16.5. The number of benzene rings is 3. The molecular weight excluding hydrogens is 378 g/mol. The Labute approximate surface area is 177 Å². The summed E-state index contributed by atoms with van der Waals surface area (Å²) in [6.07, 6.45) is 0. The molecule has 0 amide bonds. The largest absolute Gasteiger partial charge is 0.497 e. The highest BCUT2D eigenvalue weighted by Gasteiger charge is 2.07. The van der Waals surface area contributed by atoms with Gasteiger partial charge in [-0.05, 0) is 28.8 Å². The predicted molar refractivity (Wildman–Crippen MR) is 120 cm³/mol. The van der Waals surface area contributed by atoms with Crippen molar-refractivity contribution in [1.82, 2.24) is 0 Å². The van der Waals surface area contributed by atoms with E-state index in [2.05, 4.69) is 22.4 Å². The Hall–Kier alpha value is -3.51. The van der Waals surface area contributed by atoms with Crippen molar-refractivity contribution in [3.63, 3.8) is 0 Å². The number of hydrogen-bond donors (Lipinski definition) is 2. The van der Waals surface area contributed by atoms with Crippen molar-refractivity contribution in [2.45, 2.75) is 19.8 Å². The van der Waals surface area contributed by atoms with E-state index < -0.39 is 0 Å². The van der Waals surface area contributed by atoms with Gasteiger partial charge in [0.05, 0.1) is 39.7 Å². The lowest BCUT2D eigenvalue weighted by Crippen LogP contribution is -2.23. The number of guanidine groups is 1. The molecule has 0 heterocycles. The maximum atomic E-state index is 6.11. The molecule has 0 unspecified atom stereocenters. The summed E-state index contributed by atoms with van der Waals surface area (Å²) in [5.41, 5.74) is 10.1. The van der Waals surface area contributed by atoms with Gasteiger partial charge < -0.3 is 25.3 Å². The standard InChI is InChI=1S/C24H27N3O3/c1-28-21-12-13-23(29-2)22(14-21)27-24(25)26-15-19-10-6-7-11-20(19)17-30-16-18-8-4-3-5-9-18/h3-14H,15-17H2,1-2H3,(H3,25,26,27). The van der Waals surface area contributed by atoms with Gasteiger partial charge in [0.25, 0.3) is 0 Å². The molecule has 0 aromatic heterocycles. The molecule has 6 nitrogen and oxygen atoms in total. The van der Waals surface area contributed by atoms with Gasteiger partial charge in [-0.2, -0.15) is 0 Å². The summed E-state index contributed by atoms with van der Waals surface area (Å²) in [5.74, 6) is 1.65. The van der Waals surface area contributed by atoms with E-state index in [1.54, 1.807) is 14.2 Å². The van der Waals surface area contributed by atoms with Crippen LogP contribution in [0.1, 0.15) is 16.7 Å². The van der Waals surface area contributed by atoms with Crippen molar-refractivity contribution in [2.75, 3.05) is 19.5 Å². The second-order valence-corrected chi connectivity index (χ2v) is 6.64. The number of nitrogens with one attached hydrogen (secondary N) is 1. The molecule has 3 rings (SSSR count). The number of nitrogens with zero attached hydrogens (tertiary/aromatic N) is 1. The summed E-state index contributed by atoms with van der Waals surface area (Å²) in [7, 11) is 3.21. The van der Waals surface area contributed by atoms with E-state index in [4.69, 9.17) is 19.9 Å². The molecule has 0 aliphatic heterocycles. The smallest absolute Gasteiger partial charge is 0.193 e. The third-order valence-electron chi connectivity index (χ3n) is 4.58. The maximum Gasteiger partial charge on any atom is 0.193 e. The first-order chi connectivity index (χ1) is 14.7. The van der Waals surface area contributed by atoms with E-state index in [1.165, 1.54) is 0 Å². The first kappa shape index (κ1) is 21.2. The Morgan fingerprint density at radius 1 is 0.867 bits per heavy atom. The number of anilines is 1. The number of aliphatic imine (C=N–C) groups is 1. The molecule has 0 fully saturated rings. The average Bonchev–Trinajstić information content (AvgIpc) is 2.79. The first-order valence-electron chi connectivity index (χ1n) is 9.67. The van der Waals surface area contributed by atoms with Crippen LogP contribution in [0.25, 0.3) is 0 Å². The fourth-order valence-corrected chi connectivity index (χ4v) is 2.97. The van der Waals surface area contributed by atoms with Crippen LogP contribution in [0.15, 0.2) is 77.8 Å². The molecule has 30 heavy (non-hydrogen) atoms. The summed E-state index contributed by atoms with van der Waals surface area (Å²) in [6.45, 7) is 1.52. The second kappa shape index (κ2) is 10.9. The Bertz CT molecular complexity index is 974. The molecule has 156 valence electrons. The summed E-state index contributed by atoms with van der Waals surface area (Å²) in [6, 6.07) is 23.6. The van der Waals surface area contributed by atoms with Gasteiger partial charge in [-0.1, -0.05) is 54.6 Å². The highest BCUT2D eigenvalue weighted by Crippen LogP contribution is 2.28. The molecule has 0 bridgehead atoms. The SMILES string of the molecule is COc1ccc(OC)c(NC(N)=NCc2ccccc2COCc2ccccc2)c1. The number of rotatable bonds is 9. The van der Waals surface area contributed by atoms with Crippen LogP contribution in [-0.4, -0.2) is 20.2 Å². The molecule has 0 spiro atoms. The van der Waals surface area contributed by atoms with E-state index in [0.717, 1.165) is 16.7 Å². The van der Waals surface area contributed by atoms with Gasteiger partial charge in [0.2, 0.25) is 0 Å². The zero-order chi connectivity index (χ0) is 21.2. The normalized spacial score (nSPS) is 11.2. The van der Waals surface area contributed by atoms with Crippen LogP contribution in [0.2, 0.25) is 0 Å². The number of nitrogens with two attached hydrogens (primary N) is 1. The van der Waals surface area contributed by atoms with Crippen molar-refractivity contribution >= 4 is 11.6 Å². The number of hydrogen-bond acceptors (Lipinski definition) is 4. The molecule has 3 aromatic rings. The molecule has 3 aromatic carbocycles. The third-order valence-corrected chi connectivity index (χ3v) is 4.58. The van der Waals surface area contributed by atoms with Crippen LogP contribution < -0.4 is 20.5 Å². The minimum Gasteiger partial charge on any atom is -0.497 e. The minimum atomic E-state index is 0.293. The predicted octanol–water partition coefficient (Wildman–Crippen LogP) is 4.35. The maximum absolute atomic E-state index is 6.11. The van der Waals surface area contributed by atoms with Crippen molar-refractivity contribution in [3.8, 4) is 11.5 Å². The lowest BCUT2D eigenvalue weighted by Gasteiger charge is -2.13. The number of ether oxygens (including phenoxy) is 3. The van der Waals surface area contributed by atoms with Crippen molar-refractivity contribution in [1.29, 1.82) is 0 Å². The quantitative estimate of drug-likeness (QED) is 0.409. The lowest BCUT2D eigenvalue weighted by molar-refractivity contribution is 0.106. The van der Waals surface area contributed by atoms with Crippen LogP contribution in [-0.2, 0) is 24.5 Å². The zero-order valence-electron chi connectivity index (χ0n) is 17.3. The molecule has 0 saturated carbocycles. The van der Waals surface area contributed by atoms with Crippen LogP contribution in [0.4, 0.5) is 5.69 Å². The summed E-state index contributed by atoms with van der Waals surface area (Å²) >= 11 is 0. The van der Waals surface area contributed by atoms with Crippen LogP contribution >= 0.6 is 0 Å². The van der Waals surface area contributed by atoms with Gasteiger partial charge in [0.1, 0.15) is 11.5 Å². The van der Waals surface area contributed by atoms with Crippen molar-refractivity contribution in [3.05, 3.63) is 89.5 Å². The molecule has 0 aliphatic rings. The van der Waals surface area contributed by atoms with E-state index in [0.29, 0.717) is 42.9 Å². The lowest BCUT2D eigenvalue weighted by atomic mass is 10.1. The minimum absolute atomic E-state index is 0.293. The van der Waals surface area contributed by atoms with E-state index >= 15 is 0 Å². The molecule has 0 saturated heterocycles. The van der Waals surface area contributed by atoms with Crippen LogP contribution in [0, 0.1) is 0 Å². The van der Waals surface area contributed by atoms with Gasteiger partial charge in [-0.3, -0.25) is 0 Å². The van der Waals surface area contributed by atoms with Gasteiger partial charge >= 0.3 is 0 Å². The highest BCUT2D eigenvalue weighted by atomic mass is 16.5. The summed E-state index contributed by atoms with van der Waals surface area (Å²) in [4.78, 5) is 4.48. The monoisotopic (exact) mass is 405 g/mol. The van der Waals surface area contributed by atoms with E-state index in [9.17, 15) is 0 Å². The Morgan fingerprint density at radius 3 is 2.33 bits per heavy atom. The Morgan fingerprint density at radius 2 is 1.60 bits per heavy atom. The topological polar surface area (TPSA) is 78.1 Å². The molecule has 0 aliphatic carbocycles. The molecular formula is C24H27N3O3. The Balaban J connectivity index is 1.63. The molecule has 0 atom stereocenters. The van der Waals surface area contributed by atoms with Gasteiger partial charge in [0, 0.05) is 6.07 Å². The van der Waals surface area contributed by atoms with Crippen LogP contribution in [0.3, 0.4) is 0 Å². The molecule has 6 heteroatoms. The third kappa shape index (κ3) is 5.99. The highest BCUT2D eigenvalue weighted by molar-refractivity contribution is 5.94.